The van der Waals surface area contributed by atoms with Crippen molar-refractivity contribution >= 4 is 17.5 Å². The molecule has 10 heteroatoms. The van der Waals surface area contributed by atoms with Gasteiger partial charge >= 0.3 is 0 Å². The number of imidazole rings is 1. The topological polar surface area (TPSA) is 122 Å². The van der Waals surface area contributed by atoms with Gasteiger partial charge in [-0.25, -0.2) is 4.98 Å². The van der Waals surface area contributed by atoms with Crippen LogP contribution >= 0.6 is 11.8 Å². The van der Waals surface area contributed by atoms with E-state index in [2.05, 4.69) is 104 Å². The van der Waals surface area contributed by atoms with E-state index in [1.807, 2.05) is 40.2 Å². The highest BCUT2D eigenvalue weighted by molar-refractivity contribution is 7.99. The maximum Gasteiger partial charge on any atom is 0.146 e. The Morgan fingerprint density at radius 3 is 1.01 bits per heavy atom. The Bertz CT molecular complexity index is 3620. The van der Waals surface area contributed by atoms with Crippen molar-refractivity contribution in [2.75, 3.05) is 51.3 Å². The van der Waals surface area contributed by atoms with E-state index in [1.54, 1.807) is 45.2 Å². The summed E-state index contributed by atoms with van der Waals surface area (Å²) in [5.74, 6) is 16.9. The Labute approximate surface area is 673 Å². The summed E-state index contributed by atoms with van der Waals surface area (Å²) in [6.07, 6.45) is 63.9. The number of fused-ring (bicyclic) bond motifs is 20. The number of carbonyl (C=O) groups excluding carboxylic acids is 1. The lowest BCUT2D eigenvalue weighted by molar-refractivity contribution is -0.126. The first-order chi connectivity index (χ1) is 52.5. The zero-order valence-electron chi connectivity index (χ0n) is 70.9. The van der Waals surface area contributed by atoms with Gasteiger partial charge in [-0.05, 0) is 425 Å². The predicted molar refractivity (Wildman–Crippen MR) is 454 cm³/mol. The van der Waals surface area contributed by atoms with Crippen LogP contribution < -0.4 is 0 Å². The molecule has 0 aromatic carbocycles. The third kappa shape index (κ3) is 15.6. The van der Waals surface area contributed by atoms with Gasteiger partial charge in [-0.1, -0.05) is 117 Å². The molecule has 1 aromatic rings. The van der Waals surface area contributed by atoms with Gasteiger partial charge < -0.3 is 25.0 Å². The number of hydrogen-bond donors (Lipinski definition) is 4. The number of nitrogens with zero attached hydrogens (tertiary/aromatic N) is 4. The van der Waals surface area contributed by atoms with Crippen LogP contribution in [0.5, 0.6) is 0 Å². The van der Waals surface area contributed by atoms with Crippen molar-refractivity contribution in [3.63, 3.8) is 0 Å². The van der Waals surface area contributed by atoms with Gasteiger partial charge in [-0.2, -0.15) is 11.8 Å². The zero-order chi connectivity index (χ0) is 77.1. The summed E-state index contributed by atoms with van der Waals surface area (Å²) < 4.78 is 2.17. The molecule has 18 aliphatic rings. The van der Waals surface area contributed by atoms with Gasteiger partial charge in [0, 0.05) is 37.9 Å². The molecule has 1 aromatic heterocycles. The number of carbonyl (C=O) groups is 1. The Morgan fingerprint density at radius 2 is 0.700 bits per heavy atom. The molecule has 9 nitrogen and oxygen atoms in total. The van der Waals surface area contributed by atoms with Crippen molar-refractivity contribution < 1.29 is 25.2 Å². The van der Waals surface area contributed by atoms with Crippen LogP contribution in [0.25, 0.3) is 0 Å². The van der Waals surface area contributed by atoms with Gasteiger partial charge in [0.25, 0.3) is 0 Å². The molecule has 2 aliphatic heterocycles. The predicted octanol–water partition coefficient (Wildman–Crippen LogP) is 21.8. The maximum atomic E-state index is 12.7. The highest BCUT2D eigenvalue weighted by Gasteiger charge is 2.62. The number of piperidine rings is 1. The molecule has 110 heavy (non-hydrogen) atoms. The molecule has 3 heterocycles. The van der Waals surface area contributed by atoms with Crippen molar-refractivity contribution in [2.45, 2.75) is 322 Å². The smallest absolute Gasteiger partial charge is 0.146 e. The summed E-state index contributed by atoms with van der Waals surface area (Å²) >= 11 is 1.69. The average molecular weight is 1520 g/mol. The second-order valence-corrected chi connectivity index (χ2v) is 45.1. The Hall–Kier alpha value is -2.83. The van der Waals surface area contributed by atoms with E-state index in [1.165, 1.54) is 205 Å². The summed E-state index contributed by atoms with van der Waals surface area (Å²) in [5, 5.41) is 42.1. The number of likely N-dealkylation sites (tertiary alicyclic amines) is 2. The fraction of sp³-hybridized carbons (Fsp3) is 0.820. The summed E-state index contributed by atoms with van der Waals surface area (Å²) in [5.41, 5.74) is 10.6. The molecule has 16 aliphatic carbocycles. The minimum atomic E-state index is -0.485. The third-order valence-corrected chi connectivity index (χ3v) is 38.0. The molecule has 0 amide bonds. The summed E-state index contributed by atoms with van der Waals surface area (Å²) in [6.45, 7) is 40.6. The van der Waals surface area contributed by atoms with Gasteiger partial charge in [0.05, 0.1) is 34.5 Å². The molecule has 28 atom stereocenters. The lowest BCUT2D eigenvalue weighted by Crippen LogP contribution is -2.48. The Morgan fingerprint density at radius 1 is 0.400 bits per heavy atom. The standard InChI is InChI=1S/C27H43NO.C26H41NO.C25H36N2O.C22H34O2S/c1-19(18-28-15-5-4-6-16-28)24-9-10-25-23-8-7-20-17-26(2,29)13-11-21(20)22(23)12-14-27(24,25)3;1-18(17-27-14-4-5-15-27)23-8-9-24-22-7-6-19-16-25(2,28)12-10-20(19)21(22)11-13-26(23,24)3;1-17(15-27-13-12-26-16-27)22-6-7-23-21-5-4-18-14-24(2,28)10-8-19(18)20(21)9-11-25(22,23)3;1-21(24)10-8-15-14(12-21)4-5-17-16(15)9-11-22(2)18(17)6-7-19(22)20(23)13-25-3/h7,21-25,29H,1,4-6,8-18H2,2-3H3;6,20-24,28H,1,4-5,7-17H2,2-3H3;4,12-13,16,19-23,28H,1,5-11,14-15H2,2-3H3;4,15-19,24H,5-13H2,1-3H3/t21-,22+,23+,24+,25-,26-,27+;20-,21+,22+,23+,24-,25-,26+;19-,20+,21+,22+,23-,24-,25+;15-,16+,17+,18-,19+,21-,22-/m0000/s1. The van der Waals surface area contributed by atoms with Crippen molar-refractivity contribution in [3.05, 3.63) is 102 Å². The maximum absolute atomic E-state index is 12.7. The number of thioether (sulfide) groups is 1. The van der Waals surface area contributed by atoms with E-state index in [0.29, 0.717) is 45.5 Å². The average Bonchev–Trinajstić information content (AvgIpc) is 1.51. The summed E-state index contributed by atoms with van der Waals surface area (Å²) in [6, 6.07) is 0. The fourth-order valence-electron chi connectivity index (χ4n) is 32.2. The fourth-order valence-corrected chi connectivity index (χ4v) is 32.7. The van der Waals surface area contributed by atoms with Gasteiger partial charge in [0.15, 0.2) is 0 Å². The van der Waals surface area contributed by atoms with Crippen LogP contribution in [0, 0.1) is 140 Å². The number of hydrogen-bond acceptors (Lipinski definition) is 9. The van der Waals surface area contributed by atoms with Crippen molar-refractivity contribution in [1.29, 1.82) is 0 Å². The van der Waals surface area contributed by atoms with E-state index in [0.717, 1.165) is 184 Å². The summed E-state index contributed by atoms with van der Waals surface area (Å²) in [7, 11) is 0. The third-order valence-electron chi connectivity index (χ3n) is 37.5. The van der Waals surface area contributed by atoms with Crippen molar-refractivity contribution in [1.82, 2.24) is 19.4 Å². The SMILES string of the molecule is C=C(CN1CCCC1)[C@H]1CC[C@H]2[C@@H]3CC=C4C[C@@](C)(O)CC[C@@H]4[C@H]3CC[C@]12C.C=C(CN1CCCCC1)[C@H]1CC[C@H]2[C@@H]3CC=C4C[C@@](C)(O)CC[C@@H]4[C@H]3CC[C@]12C.C=C(Cn1ccnc1)[C@H]1CC[C@H]2[C@@H]3CC=C4C[C@@](C)(O)CC[C@@H]4[C@H]3CC[C@]12C.CSCC(=O)[C@H]1CC[C@H]2[C@@H]3CC=C4C[C@@](C)(O)CC[C@@H]4[C@H]3CC[C@]12C. The molecular weight excluding hydrogens is 1370 g/mol. The molecule has 19 rings (SSSR count). The lowest BCUT2D eigenvalue weighted by atomic mass is 9.51. The van der Waals surface area contributed by atoms with E-state index < -0.39 is 22.4 Å². The van der Waals surface area contributed by atoms with E-state index >= 15 is 0 Å². The second-order valence-electron chi connectivity index (χ2n) is 44.2. The molecule has 0 bridgehead atoms. The van der Waals surface area contributed by atoms with Gasteiger partial charge in [-0.3, -0.25) is 14.6 Å². The molecule has 0 radical (unpaired) electrons. The first-order valence-electron chi connectivity index (χ1n) is 46.6. The molecular formula is C100H154N4O5S. The van der Waals surface area contributed by atoms with Crippen LogP contribution in [0.15, 0.2) is 102 Å². The highest BCUT2D eigenvalue weighted by atomic mass is 32.2. The van der Waals surface area contributed by atoms with Crippen LogP contribution in [0.4, 0.5) is 0 Å². The van der Waals surface area contributed by atoms with Gasteiger partial charge in [0.2, 0.25) is 0 Å². The van der Waals surface area contributed by atoms with Crippen molar-refractivity contribution in [2.24, 2.45) is 140 Å². The second kappa shape index (κ2) is 31.8. The minimum absolute atomic E-state index is 0.249. The highest BCUT2D eigenvalue weighted by Crippen LogP contribution is 2.70. The van der Waals surface area contributed by atoms with E-state index in [9.17, 15) is 25.2 Å². The minimum Gasteiger partial charge on any atom is -0.390 e. The first-order valence-corrected chi connectivity index (χ1v) is 48.0. The number of aromatic nitrogens is 2. The number of allylic oxidation sites excluding steroid dienone is 5. The van der Waals surface area contributed by atoms with E-state index in [4.69, 9.17) is 0 Å². The quantitative estimate of drug-likeness (QED) is 0.152. The van der Waals surface area contributed by atoms with Crippen LogP contribution in [-0.2, 0) is 11.3 Å². The largest absolute Gasteiger partial charge is 0.390 e. The van der Waals surface area contributed by atoms with Crippen LogP contribution in [0.3, 0.4) is 0 Å². The number of ketones is 1. The monoisotopic (exact) mass is 1520 g/mol. The molecule has 0 unspecified atom stereocenters. The Kier molecular flexibility index (Phi) is 23.4. The molecule has 14 fully saturated rings. The number of rotatable bonds is 12. The molecule has 2 saturated heterocycles. The first kappa shape index (κ1) is 80.9. The van der Waals surface area contributed by atoms with Crippen LogP contribution in [0.2, 0.25) is 0 Å². The van der Waals surface area contributed by atoms with Gasteiger partial charge in [-0.15, -0.1) is 0 Å². The van der Waals surface area contributed by atoms with Crippen LogP contribution in [-0.4, -0.2) is 119 Å². The lowest BCUT2D eigenvalue weighted by Gasteiger charge is -2.54. The molecule has 0 spiro atoms. The number of aliphatic hydroxyl groups is 4. The van der Waals surface area contributed by atoms with Crippen molar-refractivity contribution in [3.8, 4) is 0 Å². The number of Topliss-reactive ketones (excluding diaryl/α,β-unsaturated/α-hetero) is 1. The molecule has 610 valence electrons. The van der Waals surface area contributed by atoms with Crippen LogP contribution in [0.1, 0.15) is 293 Å². The molecule has 12 saturated carbocycles. The Balaban J connectivity index is 0.000000112. The zero-order valence-corrected chi connectivity index (χ0v) is 71.7. The molecule has 4 N–H and O–H groups in total. The van der Waals surface area contributed by atoms with Gasteiger partial charge in [0.1, 0.15) is 5.78 Å². The summed E-state index contributed by atoms with van der Waals surface area (Å²) in [4.78, 5) is 22.2. The normalized spacial score (nSPS) is 47.5. The van der Waals surface area contributed by atoms with E-state index in [-0.39, 0.29) is 5.41 Å².